The van der Waals surface area contributed by atoms with E-state index in [1.165, 1.54) is 0 Å². The molecule has 0 aliphatic heterocycles. The fraction of sp³-hybridized carbons (Fsp3) is 0.875. The van der Waals surface area contributed by atoms with Gasteiger partial charge in [0.2, 0.25) is 0 Å². The van der Waals surface area contributed by atoms with Crippen molar-refractivity contribution in [1.82, 2.24) is 0 Å². The van der Waals surface area contributed by atoms with Crippen molar-refractivity contribution in [3.8, 4) is 0 Å². The van der Waals surface area contributed by atoms with E-state index in [4.69, 9.17) is 10.8 Å². The van der Waals surface area contributed by atoms with Crippen molar-refractivity contribution in [2.24, 2.45) is 17.6 Å². The first-order valence-corrected chi connectivity index (χ1v) is 4.18. The highest BCUT2D eigenvalue weighted by Crippen LogP contribution is 2.29. The molecule has 2 atom stereocenters. The first kappa shape index (κ1) is 11.7. The smallest absolute Gasteiger partial charge is 0.306 e. The third-order valence-electron chi connectivity index (χ3n) is 2.53. The number of halogens is 1. The van der Waals surface area contributed by atoms with Crippen molar-refractivity contribution in [3.63, 3.8) is 0 Å². The highest BCUT2D eigenvalue weighted by molar-refractivity contribution is 5.85. The number of aliphatic carboxylic acids is 1. The monoisotopic (exact) mass is 193 g/mol. The van der Waals surface area contributed by atoms with Crippen molar-refractivity contribution in [3.05, 3.63) is 0 Å². The Hall–Kier alpha value is -0.280. The molecule has 4 heteroatoms. The zero-order chi connectivity index (χ0) is 8.27. The lowest BCUT2D eigenvalue weighted by atomic mass is 9.79. The minimum absolute atomic E-state index is 0. The van der Waals surface area contributed by atoms with Gasteiger partial charge in [0.25, 0.3) is 0 Å². The number of carbonyl (C=O) groups is 1. The maximum Gasteiger partial charge on any atom is 0.306 e. The standard InChI is InChI=1S/C8H15NO2.ClH/c9-5-6-3-1-2-4-7(6)8(10)11;/h6-7H,1-5,9H2,(H,10,11);1H/t6-,7-;/m0./s1. The van der Waals surface area contributed by atoms with E-state index >= 15 is 0 Å². The summed E-state index contributed by atoms with van der Waals surface area (Å²) >= 11 is 0. The molecule has 0 saturated heterocycles. The molecule has 0 heterocycles. The molecular formula is C8H16ClNO2. The van der Waals surface area contributed by atoms with Gasteiger partial charge in [0.05, 0.1) is 5.92 Å². The number of carboxylic acid groups (broad SMARTS) is 1. The van der Waals surface area contributed by atoms with Crippen LogP contribution in [0.2, 0.25) is 0 Å². The molecule has 0 aromatic heterocycles. The van der Waals surface area contributed by atoms with Crippen LogP contribution in [0.3, 0.4) is 0 Å². The summed E-state index contributed by atoms with van der Waals surface area (Å²) < 4.78 is 0. The topological polar surface area (TPSA) is 63.3 Å². The van der Waals surface area contributed by atoms with Gasteiger partial charge in [0.1, 0.15) is 0 Å². The molecule has 0 aromatic rings. The summed E-state index contributed by atoms with van der Waals surface area (Å²) in [6, 6.07) is 0. The predicted octanol–water partition coefficient (Wildman–Crippen LogP) is 1.26. The van der Waals surface area contributed by atoms with Gasteiger partial charge in [0, 0.05) is 0 Å². The predicted molar refractivity (Wildman–Crippen MR) is 49.4 cm³/mol. The SMILES string of the molecule is Cl.NC[C@@H]1CCCC[C@@H]1C(=O)O. The fourth-order valence-electron chi connectivity index (χ4n) is 1.81. The van der Waals surface area contributed by atoms with Crippen LogP contribution in [0.15, 0.2) is 0 Å². The lowest BCUT2D eigenvalue weighted by Crippen LogP contribution is -2.32. The zero-order valence-electron chi connectivity index (χ0n) is 7.03. The van der Waals surface area contributed by atoms with Gasteiger partial charge in [0.15, 0.2) is 0 Å². The Bertz CT molecular complexity index is 152. The normalized spacial score (nSPS) is 29.1. The number of rotatable bonds is 2. The summed E-state index contributed by atoms with van der Waals surface area (Å²) in [6.07, 6.45) is 4.00. The van der Waals surface area contributed by atoms with E-state index < -0.39 is 5.97 Å². The minimum Gasteiger partial charge on any atom is -0.481 e. The number of carboxylic acids is 1. The average molecular weight is 194 g/mol. The first-order valence-electron chi connectivity index (χ1n) is 4.18. The Labute approximate surface area is 78.7 Å². The van der Waals surface area contributed by atoms with Gasteiger partial charge >= 0.3 is 5.97 Å². The summed E-state index contributed by atoms with van der Waals surface area (Å²) in [5.74, 6) is -0.616. The average Bonchev–Trinajstić information content (AvgIpc) is 2.04. The molecule has 72 valence electrons. The van der Waals surface area contributed by atoms with Crippen molar-refractivity contribution in [2.75, 3.05) is 6.54 Å². The highest BCUT2D eigenvalue weighted by atomic mass is 35.5. The maximum atomic E-state index is 10.7. The van der Waals surface area contributed by atoms with Gasteiger partial charge in [-0.25, -0.2) is 0 Å². The van der Waals surface area contributed by atoms with Gasteiger partial charge in [-0.1, -0.05) is 12.8 Å². The van der Waals surface area contributed by atoms with E-state index in [0.717, 1.165) is 25.7 Å². The molecule has 0 amide bonds. The number of hydrogen-bond acceptors (Lipinski definition) is 2. The molecule has 0 radical (unpaired) electrons. The number of nitrogens with two attached hydrogens (primary N) is 1. The van der Waals surface area contributed by atoms with E-state index in [1.807, 2.05) is 0 Å². The number of hydrogen-bond donors (Lipinski definition) is 2. The summed E-state index contributed by atoms with van der Waals surface area (Å²) in [5, 5.41) is 8.78. The molecule has 12 heavy (non-hydrogen) atoms. The largest absolute Gasteiger partial charge is 0.481 e. The maximum absolute atomic E-state index is 10.7. The second kappa shape index (κ2) is 5.38. The Kier molecular flexibility index (Phi) is 5.25. The third kappa shape index (κ3) is 2.64. The molecular weight excluding hydrogens is 178 g/mol. The lowest BCUT2D eigenvalue weighted by Gasteiger charge is -2.26. The molecule has 0 aromatic carbocycles. The van der Waals surface area contributed by atoms with Crippen molar-refractivity contribution < 1.29 is 9.90 Å². The molecule has 1 saturated carbocycles. The van der Waals surface area contributed by atoms with E-state index in [1.54, 1.807) is 0 Å². The van der Waals surface area contributed by atoms with E-state index in [9.17, 15) is 4.79 Å². The zero-order valence-corrected chi connectivity index (χ0v) is 7.85. The molecule has 3 N–H and O–H groups in total. The molecule has 3 nitrogen and oxygen atoms in total. The van der Waals surface area contributed by atoms with Crippen LogP contribution in [0.1, 0.15) is 25.7 Å². The Morgan fingerprint density at radius 1 is 1.42 bits per heavy atom. The molecule has 1 aliphatic rings. The van der Waals surface area contributed by atoms with Crippen molar-refractivity contribution >= 4 is 18.4 Å². The molecule has 1 aliphatic carbocycles. The van der Waals surface area contributed by atoms with Crippen molar-refractivity contribution in [1.29, 1.82) is 0 Å². The molecule has 0 spiro atoms. The van der Waals surface area contributed by atoms with E-state index in [-0.39, 0.29) is 24.2 Å². The lowest BCUT2D eigenvalue weighted by molar-refractivity contribution is -0.144. The summed E-state index contributed by atoms with van der Waals surface area (Å²) in [6.45, 7) is 0.525. The van der Waals surface area contributed by atoms with Gasteiger partial charge in [-0.05, 0) is 25.3 Å². The van der Waals surface area contributed by atoms with Crippen LogP contribution < -0.4 is 5.73 Å². The van der Waals surface area contributed by atoms with Crippen LogP contribution in [0.4, 0.5) is 0 Å². The Balaban J connectivity index is 0.00000121. The second-order valence-electron chi connectivity index (χ2n) is 3.22. The minimum atomic E-state index is -0.667. The van der Waals surface area contributed by atoms with Crippen LogP contribution in [0.25, 0.3) is 0 Å². The van der Waals surface area contributed by atoms with Crippen LogP contribution >= 0.6 is 12.4 Å². The van der Waals surface area contributed by atoms with Gasteiger partial charge in [-0.15, -0.1) is 12.4 Å². The van der Waals surface area contributed by atoms with Crippen LogP contribution in [-0.4, -0.2) is 17.6 Å². The van der Waals surface area contributed by atoms with Gasteiger partial charge in [-0.3, -0.25) is 4.79 Å². The molecule has 0 unspecified atom stereocenters. The fourth-order valence-corrected chi connectivity index (χ4v) is 1.81. The summed E-state index contributed by atoms with van der Waals surface area (Å²) in [5.41, 5.74) is 5.47. The van der Waals surface area contributed by atoms with Crippen molar-refractivity contribution in [2.45, 2.75) is 25.7 Å². The van der Waals surface area contributed by atoms with E-state index in [0.29, 0.717) is 6.54 Å². The second-order valence-corrected chi connectivity index (χ2v) is 3.22. The molecule has 1 fully saturated rings. The third-order valence-corrected chi connectivity index (χ3v) is 2.53. The highest BCUT2D eigenvalue weighted by Gasteiger charge is 2.29. The first-order chi connectivity index (χ1) is 5.25. The summed E-state index contributed by atoms with van der Waals surface area (Å²) in [4.78, 5) is 10.7. The van der Waals surface area contributed by atoms with Crippen LogP contribution in [0.5, 0.6) is 0 Å². The van der Waals surface area contributed by atoms with Crippen LogP contribution in [0, 0.1) is 11.8 Å². The van der Waals surface area contributed by atoms with E-state index in [2.05, 4.69) is 0 Å². The quantitative estimate of drug-likeness (QED) is 0.694. The van der Waals surface area contributed by atoms with Crippen LogP contribution in [-0.2, 0) is 4.79 Å². The Morgan fingerprint density at radius 3 is 2.42 bits per heavy atom. The van der Waals surface area contributed by atoms with Gasteiger partial charge in [-0.2, -0.15) is 0 Å². The Morgan fingerprint density at radius 2 is 2.00 bits per heavy atom. The van der Waals surface area contributed by atoms with Gasteiger partial charge < -0.3 is 10.8 Å². The molecule has 1 rings (SSSR count). The summed E-state index contributed by atoms with van der Waals surface area (Å²) in [7, 11) is 0. The molecule has 0 bridgehead atoms.